The number of carbonyl (C=O) groups excluding carboxylic acids is 2. The van der Waals surface area contributed by atoms with E-state index < -0.39 is 0 Å². The van der Waals surface area contributed by atoms with Crippen LogP contribution in [0.2, 0.25) is 0 Å². The summed E-state index contributed by atoms with van der Waals surface area (Å²) in [6.07, 6.45) is 1.77. The molecule has 0 spiro atoms. The Balaban J connectivity index is 1.21. The quantitative estimate of drug-likeness (QED) is 0.685. The molecule has 2 aromatic rings. The maximum Gasteiger partial charge on any atom is 0.317 e. The van der Waals surface area contributed by atoms with Crippen LogP contribution in [0.15, 0.2) is 42.6 Å². The van der Waals surface area contributed by atoms with Crippen LogP contribution in [0.1, 0.15) is 5.56 Å². The standard InChI is InChI=1S/C23H29FN6O3/c24-19-3-5-20(6-4-19)27-21(31)17-28-8-10-30(11-9-28)23(32)26-16-18-2-1-7-25-22(18)29-12-14-33-15-13-29/h1-7H,8-17H2,(H,26,32)(H,27,31). The van der Waals surface area contributed by atoms with Crippen molar-refractivity contribution in [2.75, 3.05) is 69.2 Å². The summed E-state index contributed by atoms with van der Waals surface area (Å²) in [7, 11) is 0. The van der Waals surface area contributed by atoms with E-state index >= 15 is 0 Å². The molecular formula is C23H29FN6O3. The van der Waals surface area contributed by atoms with Crippen LogP contribution in [0.4, 0.5) is 20.7 Å². The van der Waals surface area contributed by atoms with Gasteiger partial charge in [0.05, 0.1) is 19.8 Å². The Morgan fingerprint density at radius 1 is 1.00 bits per heavy atom. The van der Waals surface area contributed by atoms with E-state index in [0.29, 0.717) is 51.6 Å². The number of benzene rings is 1. The molecular weight excluding hydrogens is 427 g/mol. The topological polar surface area (TPSA) is 90.0 Å². The molecule has 176 valence electrons. The number of hydrogen-bond donors (Lipinski definition) is 2. The molecule has 0 bridgehead atoms. The number of carbonyl (C=O) groups is 2. The van der Waals surface area contributed by atoms with Crippen LogP contribution >= 0.6 is 0 Å². The van der Waals surface area contributed by atoms with Crippen LogP contribution in [-0.2, 0) is 16.1 Å². The molecule has 2 aliphatic rings. The molecule has 3 amide bonds. The van der Waals surface area contributed by atoms with Crippen molar-refractivity contribution in [1.82, 2.24) is 20.1 Å². The highest BCUT2D eigenvalue weighted by Gasteiger charge is 2.23. The Morgan fingerprint density at radius 3 is 2.45 bits per heavy atom. The summed E-state index contributed by atoms with van der Waals surface area (Å²) in [5.74, 6) is 0.382. The molecule has 10 heteroatoms. The first-order valence-corrected chi connectivity index (χ1v) is 11.2. The Hall–Kier alpha value is -3.24. The molecule has 9 nitrogen and oxygen atoms in total. The molecule has 2 saturated heterocycles. The third kappa shape index (κ3) is 6.39. The van der Waals surface area contributed by atoms with Crippen molar-refractivity contribution in [3.8, 4) is 0 Å². The average Bonchev–Trinajstić information content (AvgIpc) is 2.85. The van der Waals surface area contributed by atoms with Crippen molar-refractivity contribution in [2.45, 2.75) is 6.54 Å². The lowest BCUT2D eigenvalue weighted by atomic mass is 10.2. The van der Waals surface area contributed by atoms with Crippen LogP contribution in [0.25, 0.3) is 0 Å². The van der Waals surface area contributed by atoms with E-state index in [1.54, 1.807) is 11.1 Å². The maximum absolute atomic E-state index is 13.0. The molecule has 0 saturated carbocycles. The van der Waals surface area contributed by atoms with Crippen LogP contribution in [0.5, 0.6) is 0 Å². The van der Waals surface area contributed by atoms with Crippen LogP contribution in [0, 0.1) is 5.82 Å². The third-order valence-electron chi connectivity index (χ3n) is 5.76. The number of urea groups is 1. The Labute approximate surface area is 192 Å². The molecule has 4 rings (SSSR count). The van der Waals surface area contributed by atoms with Gasteiger partial charge in [0, 0.05) is 63.3 Å². The molecule has 33 heavy (non-hydrogen) atoms. The number of rotatable bonds is 6. The summed E-state index contributed by atoms with van der Waals surface area (Å²) in [6, 6.07) is 9.41. The Kier molecular flexibility index (Phi) is 7.69. The monoisotopic (exact) mass is 456 g/mol. The fraction of sp³-hybridized carbons (Fsp3) is 0.435. The molecule has 0 radical (unpaired) electrons. The van der Waals surface area contributed by atoms with Gasteiger partial charge in [-0.05, 0) is 30.3 Å². The van der Waals surface area contributed by atoms with Crippen LogP contribution < -0.4 is 15.5 Å². The molecule has 3 heterocycles. The van der Waals surface area contributed by atoms with Gasteiger partial charge in [-0.25, -0.2) is 14.2 Å². The molecule has 2 aliphatic heterocycles. The van der Waals surface area contributed by atoms with E-state index in [9.17, 15) is 14.0 Å². The minimum Gasteiger partial charge on any atom is -0.378 e. The Bertz CT molecular complexity index is 943. The van der Waals surface area contributed by atoms with Gasteiger partial charge in [0.15, 0.2) is 0 Å². The van der Waals surface area contributed by atoms with Gasteiger partial charge in [0.25, 0.3) is 0 Å². The highest BCUT2D eigenvalue weighted by molar-refractivity contribution is 5.92. The van der Waals surface area contributed by atoms with Crippen LogP contribution in [-0.4, -0.2) is 85.7 Å². The zero-order valence-electron chi connectivity index (χ0n) is 18.5. The summed E-state index contributed by atoms with van der Waals surface area (Å²) >= 11 is 0. The van der Waals surface area contributed by atoms with Crippen molar-refractivity contribution in [3.63, 3.8) is 0 Å². The second-order valence-electron chi connectivity index (χ2n) is 8.06. The third-order valence-corrected chi connectivity index (χ3v) is 5.76. The first-order valence-electron chi connectivity index (χ1n) is 11.2. The first kappa shape index (κ1) is 22.9. The minimum absolute atomic E-state index is 0.123. The van der Waals surface area contributed by atoms with Gasteiger partial charge in [0.1, 0.15) is 11.6 Å². The van der Waals surface area contributed by atoms with Crippen molar-refractivity contribution in [1.29, 1.82) is 0 Å². The predicted octanol–water partition coefficient (Wildman–Crippen LogP) is 1.52. The molecule has 1 aromatic heterocycles. The summed E-state index contributed by atoms with van der Waals surface area (Å²) in [4.78, 5) is 35.4. The molecule has 0 aliphatic carbocycles. The number of pyridine rings is 1. The number of amides is 3. The largest absolute Gasteiger partial charge is 0.378 e. The highest BCUT2D eigenvalue weighted by Crippen LogP contribution is 2.18. The number of anilines is 2. The number of nitrogens with zero attached hydrogens (tertiary/aromatic N) is 4. The van der Waals surface area contributed by atoms with Crippen molar-refractivity contribution < 1.29 is 18.7 Å². The lowest BCUT2D eigenvalue weighted by molar-refractivity contribution is -0.117. The number of ether oxygens (including phenoxy) is 1. The van der Waals surface area contributed by atoms with Gasteiger partial charge in [-0.1, -0.05) is 6.07 Å². The second kappa shape index (κ2) is 11.1. The molecule has 2 N–H and O–H groups in total. The Morgan fingerprint density at radius 2 is 1.73 bits per heavy atom. The number of morpholine rings is 1. The zero-order chi connectivity index (χ0) is 23.0. The molecule has 2 fully saturated rings. The smallest absolute Gasteiger partial charge is 0.317 e. The van der Waals surface area contributed by atoms with Gasteiger partial charge < -0.3 is 25.2 Å². The van der Waals surface area contributed by atoms with Crippen molar-refractivity contribution >= 4 is 23.4 Å². The fourth-order valence-corrected chi connectivity index (χ4v) is 3.96. The second-order valence-corrected chi connectivity index (χ2v) is 8.06. The van der Waals surface area contributed by atoms with E-state index in [1.165, 1.54) is 24.3 Å². The van der Waals surface area contributed by atoms with Gasteiger partial charge in [-0.2, -0.15) is 0 Å². The molecule has 0 unspecified atom stereocenters. The zero-order valence-corrected chi connectivity index (χ0v) is 18.5. The number of halogens is 1. The van der Waals surface area contributed by atoms with Gasteiger partial charge >= 0.3 is 6.03 Å². The normalized spacial score (nSPS) is 17.0. The molecule has 1 aromatic carbocycles. The van der Waals surface area contributed by atoms with Crippen molar-refractivity contribution in [3.05, 3.63) is 54.0 Å². The first-order chi connectivity index (χ1) is 16.1. The van der Waals surface area contributed by atoms with E-state index in [0.717, 1.165) is 24.5 Å². The van der Waals surface area contributed by atoms with Crippen molar-refractivity contribution in [2.24, 2.45) is 0 Å². The van der Waals surface area contributed by atoms with Gasteiger partial charge in [-0.15, -0.1) is 0 Å². The van der Waals surface area contributed by atoms with E-state index in [-0.39, 0.29) is 24.3 Å². The lowest BCUT2D eigenvalue weighted by Crippen LogP contribution is -2.52. The summed E-state index contributed by atoms with van der Waals surface area (Å²) in [5, 5.41) is 5.76. The van der Waals surface area contributed by atoms with Gasteiger partial charge in [-0.3, -0.25) is 9.69 Å². The summed E-state index contributed by atoms with van der Waals surface area (Å²) in [6.45, 7) is 5.85. The maximum atomic E-state index is 13.0. The SMILES string of the molecule is O=C(CN1CCN(C(=O)NCc2cccnc2N2CCOCC2)CC1)Nc1ccc(F)cc1. The number of piperazine rings is 1. The van der Waals surface area contributed by atoms with E-state index in [4.69, 9.17) is 4.74 Å². The minimum atomic E-state index is -0.344. The fourth-order valence-electron chi connectivity index (χ4n) is 3.96. The predicted molar refractivity (Wildman–Crippen MR) is 123 cm³/mol. The van der Waals surface area contributed by atoms with E-state index in [2.05, 4.69) is 20.5 Å². The average molecular weight is 457 g/mol. The summed E-state index contributed by atoms with van der Waals surface area (Å²) < 4.78 is 18.4. The number of nitrogens with one attached hydrogen (secondary N) is 2. The van der Waals surface area contributed by atoms with Crippen LogP contribution in [0.3, 0.4) is 0 Å². The molecule has 0 atom stereocenters. The lowest BCUT2D eigenvalue weighted by Gasteiger charge is -2.34. The highest BCUT2D eigenvalue weighted by atomic mass is 19.1. The number of hydrogen-bond acceptors (Lipinski definition) is 6. The number of aromatic nitrogens is 1. The van der Waals surface area contributed by atoms with E-state index in [1.807, 2.05) is 17.0 Å². The summed E-state index contributed by atoms with van der Waals surface area (Å²) in [5.41, 5.74) is 1.54. The van der Waals surface area contributed by atoms with Gasteiger partial charge in [0.2, 0.25) is 5.91 Å².